The number of aliphatic carboxylic acids is 1. The minimum Gasteiger partial charge on any atom is -0.480 e. The number of ether oxygens (including phenoxy) is 1. The standard InChI is InChI=1S/C17H18FN3O4/c1-25-9-12(17(23)24)19-16(22)15-10-5-4-8-13(10)21(20-15)14-7-3-2-6-11(14)18/h2-3,6-7,12H,4-5,8-9H2,1H3,(H,19,22)(H,23,24). The van der Waals surface area contributed by atoms with Crippen LogP contribution in [0.1, 0.15) is 28.2 Å². The molecule has 1 aromatic carbocycles. The molecule has 1 atom stereocenters. The monoisotopic (exact) mass is 347 g/mol. The first-order valence-electron chi connectivity index (χ1n) is 7.91. The molecule has 3 rings (SSSR count). The van der Waals surface area contributed by atoms with E-state index in [1.807, 2.05) is 0 Å². The van der Waals surface area contributed by atoms with E-state index >= 15 is 0 Å². The number of amides is 1. The van der Waals surface area contributed by atoms with Gasteiger partial charge in [-0.2, -0.15) is 5.10 Å². The highest BCUT2D eigenvalue weighted by Crippen LogP contribution is 2.28. The molecule has 2 aromatic rings. The molecule has 25 heavy (non-hydrogen) atoms. The van der Waals surface area contributed by atoms with Gasteiger partial charge in [0, 0.05) is 18.4 Å². The van der Waals surface area contributed by atoms with E-state index in [9.17, 15) is 14.0 Å². The Balaban J connectivity index is 1.96. The number of fused-ring (bicyclic) bond motifs is 1. The lowest BCUT2D eigenvalue weighted by Gasteiger charge is -2.12. The summed E-state index contributed by atoms with van der Waals surface area (Å²) in [6.07, 6.45) is 2.17. The maximum absolute atomic E-state index is 14.1. The smallest absolute Gasteiger partial charge is 0.328 e. The van der Waals surface area contributed by atoms with Gasteiger partial charge in [0.1, 0.15) is 11.5 Å². The van der Waals surface area contributed by atoms with Crippen molar-refractivity contribution in [3.63, 3.8) is 0 Å². The molecule has 132 valence electrons. The van der Waals surface area contributed by atoms with Gasteiger partial charge in [-0.3, -0.25) is 4.79 Å². The van der Waals surface area contributed by atoms with E-state index in [1.165, 1.54) is 17.9 Å². The van der Waals surface area contributed by atoms with Gasteiger partial charge in [-0.25, -0.2) is 13.9 Å². The van der Waals surface area contributed by atoms with Crippen molar-refractivity contribution < 1.29 is 23.8 Å². The van der Waals surface area contributed by atoms with E-state index in [4.69, 9.17) is 9.84 Å². The summed E-state index contributed by atoms with van der Waals surface area (Å²) in [6.45, 7) is -0.155. The molecule has 0 spiro atoms. The van der Waals surface area contributed by atoms with Crippen LogP contribution in [0.15, 0.2) is 24.3 Å². The number of para-hydroxylation sites is 1. The first-order valence-corrected chi connectivity index (χ1v) is 7.91. The highest BCUT2D eigenvalue weighted by Gasteiger charge is 2.30. The summed E-state index contributed by atoms with van der Waals surface area (Å²) in [5, 5.41) is 15.8. The normalized spacial score (nSPS) is 14.2. The average molecular weight is 347 g/mol. The molecule has 1 aliphatic carbocycles. The second-order valence-corrected chi connectivity index (χ2v) is 5.81. The van der Waals surface area contributed by atoms with Crippen LogP contribution >= 0.6 is 0 Å². The minimum absolute atomic E-state index is 0.137. The number of aromatic nitrogens is 2. The average Bonchev–Trinajstić information content (AvgIpc) is 3.17. The lowest BCUT2D eigenvalue weighted by molar-refractivity contribution is -0.140. The minimum atomic E-state index is -1.19. The van der Waals surface area contributed by atoms with Gasteiger partial charge in [-0.1, -0.05) is 12.1 Å². The molecule has 1 amide bonds. The second kappa shape index (κ2) is 7.02. The summed E-state index contributed by atoms with van der Waals surface area (Å²) in [5.74, 6) is -2.23. The molecule has 1 aromatic heterocycles. The van der Waals surface area contributed by atoms with Crippen LogP contribution in [0.25, 0.3) is 5.69 Å². The molecule has 1 unspecified atom stereocenters. The molecule has 0 radical (unpaired) electrons. The first kappa shape index (κ1) is 17.1. The number of methoxy groups -OCH3 is 1. The van der Waals surface area contributed by atoms with Crippen LogP contribution < -0.4 is 5.32 Å². The molecule has 0 aliphatic heterocycles. The van der Waals surface area contributed by atoms with E-state index in [-0.39, 0.29) is 18.0 Å². The van der Waals surface area contributed by atoms with Crippen molar-refractivity contribution in [1.29, 1.82) is 0 Å². The number of hydrogen-bond acceptors (Lipinski definition) is 4. The molecule has 2 N–H and O–H groups in total. The Bertz CT molecular complexity index is 818. The number of halogens is 1. The fourth-order valence-corrected chi connectivity index (χ4v) is 3.01. The predicted octanol–water partition coefficient (Wildman–Crippen LogP) is 1.33. The number of carboxylic acid groups (broad SMARTS) is 1. The van der Waals surface area contributed by atoms with E-state index in [0.29, 0.717) is 12.8 Å². The Morgan fingerprint density at radius 3 is 2.84 bits per heavy atom. The highest BCUT2D eigenvalue weighted by atomic mass is 19.1. The molecule has 1 heterocycles. The Hall–Kier alpha value is -2.74. The van der Waals surface area contributed by atoms with Crippen molar-refractivity contribution in [2.24, 2.45) is 0 Å². The Labute approximate surface area is 143 Å². The Morgan fingerprint density at radius 2 is 2.16 bits per heavy atom. The fourth-order valence-electron chi connectivity index (χ4n) is 3.01. The largest absolute Gasteiger partial charge is 0.480 e. The molecular formula is C17H18FN3O4. The first-order chi connectivity index (χ1) is 12.0. The summed E-state index contributed by atoms with van der Waals surface area (Å²) in [4.78, 5) is 23.7. The number of nitrogens with one attached hydrogen (secondary N) is 1. The third kappa shape index (κ3) is 3.25. The third-order valence-electron chi connectivity index (χ3n) is 4.16. The van der Waals surface area contributed by atoms with Crippen LogP contribution in [0.4, 0.5) is 4.39 Å². The maximum Gasteiger partial charge on any atom is 0.328 e. The molecule has 8 heteroatoms. The van der Waals surface area contributed by atoms with Crippen molar-refractivity contribution in [2.75, 3.05) is 13.7 Å². The SMILES string of the molecule is COCC(NC(=O)c1nn(-c2ccccc2F)c2c1CCC2)C(=O)O. The number of carbonyl (C=O) groups is 2. The molecule has 0 saturated heterocycles. The summed E-state index contributed by atoms with van der Waals surface area (Å²) in [5.41, 5.74) is 1.93. The van der Waals surface area contributed by atoms with E-state index in [2.05, 4.69) is 10.4 Å². The van der Waals surface area contributed by atoms with Crippen molar-refractivity contribution in [3.05, 3.63) is 47.0 Å². The van der Waals surface area contributed by atoms with Gasteiger partial charge in [-0.15, -0.1) is 0 Å². The predicted molar refractivity (Wildman–Crippen MR) is 86.3 cm³/mol. The van der Waals surface area contributed by atoms with Gasteiger partial charge in [0.2, 0.25) is 0 Å². The Morgan fingerprint density at radius 1 is 1.40 bits per heavy atom. The van der Waals surface area contributed by atoms with Crippen LogP contribution in [-0.4, -0.2) is 46.5 Å². The van der Waals surface area contributed by atoms with Crippen molar-refractivity contribution in [3.8, 4) is 5.69 Å². The maximum atomic E-state index is 14.1. The highest BCUT2D eigenvalue weighted by molar-refractivity contribution is 5.96. The van der Waals surface area contributed by atoms with Crippen LogP contribution in [0.5, 0.6) is 0 Å². The van der Waals surface area contributed by atoms with Gasteiger partial charge in [-0.05, 0) is 31.4 Å². The molecule has 0 saturated carbocycles. The van der Waals surface area contributed by atoms with Crippen LogP contribution in [0.2, 0.25) is 0 Å². The fraction of sp³-hybridized carbons (Fsp3) is 0.353. The van der Waals surface area contributed by atoms with Crippen LogP contribution in [0.3, 0.4) is 0 Å². The molecular weight excluding hydrogens is 329 g/mol. The number of carboxylic acids is 1. The summed E-state index contributed by atoms with van der Waals surface area (Å²) in [6, 6.07) is 5.02. The summed E-state index contributed by atoms with van der Waals surface area (Å²) < 4.78 is 20.4. The van der Waals surface area contributed by atoms with E-state index < -0.39 is 23.7 Å². The number of nitrogens with zero attached hydrogens (tertiary/aromatic N) is 2. The summed E-state index contributed by atoms with van der Waals surface area (Å²) >= 11 is 0. The van der Waals surface area contributed by atoms with Gasteiger partial charge < -0.3 is 15.2 Å². The number of carbonyl (C=O) groups excluding carboxylic acids is 1. The van der Waals surface area contributed by atoms with Crippen molar-refractivity contribution in [2.45, 2.75) is 25.3 Å². The lowest BCUT2D eigenvalue weighted by Crippen LogP contribution is -2.44. The lowest BCUT2D eigenvalue weighted by atomic mass is 10.2. The zero-order valence-electron chi connectivity index (χ0n) is 13.7. The third-order valence-corrected chi connectivity index (χ3v) is 4.16. The van der Waals surface area contributed by atoms with E-state index in [1.54, 1.807) is 18.2 Å². The van der Waals surface area contributed by atoms with Crippen molar-refractivity contribution >= 4 is 11.9 Å². The van der Waals surface area contributed by atoms with Gasteiger partial charge >= 0.3 is 5.97 Å². The molecule has 1 aliphatic rings. The summed E-state index contributed by atoms with van der Waals surface area (Å²) in [7, 11) is 1.35. The van der Waals surface area contributed by atoms with E-state index in [0.717, 1.165) is 17.7 Å². The number of hydrogen-bond donors (Lipinski definition) is 2. The van der Waals surface area contributed by atoms with Crippen molar-refractivity contribution in [1.82, 2.24) is 15.1 Å². The van der Waals surface area contributed by atoms with Crippen LogP contribution in [-0.2, 0) is 22.4 Å². The second-order valence-electron chi connectivity index (χ2n) is 5.81. The van der Waals surface area contributed by atoms with Gasteiger partial charge in [0.15, 0.2) is 11.7 Å². The van der Waals surface area contributed by atoms with Gasteiger partial charge in [0.05, 0.1) is 6.61 Å². The number of rotatable bonds is 6. The molecule has 0 fully saturated rings. The molecule has 7 nitrogen and oxygen atoms in total. The topological polar surface area (TPSA) is 93.5 Å². The molecule has 0 bridgehead atoms. The quantitative estimate of drug-likeness (QED) is 0.822. The van der Waals surface area contributed by atoms with Crippen LogP contribution in [0, 0.1) is 5.82 Å². The van der Waals surface area contributed by atoms with Gasteiger partial charge in [0.25, 0.3) is 5.91 Å². The zero-order chi connectivity index (χ0) is 18.0. The number of benzene rings is 1. The Kier molecular flexibility index (Phi) is 4.80. The zero-order valence-corrected chi connectivity index (χ0v) is 13.7.